The van der Waals surface area contributed by atoms with Crippen LogP contribution < -0.4 is 11.1 Å². The zero-order valence-electron chi connectivity index (χ0n) is 14.2. The third-order valence-electron chi connectivity index (χ3n) is 5.40. The van der Waals surface area contributed by atoms with E-state index in [4.69, 9.17) is 10.5 Å². The fourth-order valence-electron chi connectivity index (χ4n) is 4.10. The Hall–Kier alpha value is -2.05. The second kappa shape index (κ2) is 6.59. The second-order valence-corrected chi connectivity index (χ2v) is 6.99. The Bertz CT molecular complexity index is 778. The van der Waals surface area contributed by atoms with Crippen molar-refractivity contribution in [2.24, 2.45) is 11.7 Å². The zero-order chi connectivity index (χ0) is 18.3. The van der Waals surface area contributed by atoms with Gasteiger partial charge in [0, 0.05) is 23.7 Å². The number of alkyl halides is 3. The summed E-state index contributed by atoms with van der Waals surface area (Å²) in [5, 5.41) is 3.45. The van der Waals surface area contributed by atoms with Gasteiger partial charge in [0.2, 0.25) is 0 Å². The monoisotopic (exact) mass is 362 g/mol. The van der Waals surface area contributed by atoms with E-state index >= 15 is 0 Å². The number of halogens is 3. The van der Waals surface area contributed by atoms with Gasteiger partial charge in [0.15, 0.2) is 0 Å². The first-order valence-corrected chi connectivity index (χ1v) is 8.85. The standard InChI is InChI=1S/C20H21F3N2O/c21-20(22,23)13-6-9-17-16(10-13)19-15(8-7-14(11-24)26-19)18(25-17)12-4-2-1-3-5-12/h1-6,9-10,14-15,18-19,25H,7-8,11,24H2/t14?,15?,18-,19?/m0/s1. The number of hydrogen-bond acceptors (Lipinski definition) is 3. The van der Waals surface area contributed by atoms with Crippen LogP contribution in [0.25, 0.3) is 0 Å². The van der Waals surface area contributed by atoms with Crippen molar-refractivity contribution in [2.75, 3.05) is 11.9 Å². The van der Waals surface area contributed by atoms with E-state index in [0.717, 1.165) is 24.5 Å². The zero-order valence-corrected chi connectivity index (χ0v) is 14.2. The van der Waals surface area contributed by atoms with Gasteiger partial charge in [-0.25, -0.2) is 0 Å². The Balaban J connectivity index is 1.77. The lowest BCUT2D eigenvalue weighted by Crippen LogP contribution is -2.41. The molecular weight excluding hydrogens is 341 g/mol. The van der Waals surface area contributed by atoms with Crippen LogP contribution in [0.15, 0.2) is 48.5 Å². The van der Waals surface area contributed by atoms with Crippen LogP contribution in [-0.4, -0.2) is 12.6 Å². The number of hydrogen-bond donors (Lipinski definition) is 2. The van der Waals surface area contributed by atoms with Gasteiger partial charge in [0.1, 0.15) is 0 Å². The van der Waals surface area contributed by atoms with E-state index in [-0.39, 0.29) is 24.2 Å². The number of nitrogens with two attached hydrogens (primary N) is 1. The molecule has 2 aromatic carbocycles. The molecule has 4 rings (SSSR count). The number of ether oxygens (including phenoxy) is 1. The number of fused-ring (bicyclic) bond motifs is 3. The maximum atomic E-state index is 13.2. The molecule has 26 heavy (non-hydrogen) atoms. The topological polar surface area (TPSA) is 47.3 Å². The number of nitrogens with one attached hydrogen (secondary N) is 1. The van der Waals surface area contributed by atoms with Crippen LogP contribution in [-0.2, 0) is 10.9 Å². The van der Waals surface area contributed by atoms with E-state index in [0.29, 0.717) is 17.8 Å². The molecule has 2 aliphatic rings. The van der Waals surface area contributed by atoms with Gasteiger partial charge in [-0.15, -0.1) is 0 Å². The largest absolute Gasteiger partial charge is 0.416 e. The van der Waals surface area contributed by atoms with E-state index in [2.05, 4.69) is 5.32 Å². The number of rotatable bonds is 2. The van der Waals surface area contributed by atoms with Gasteiger partial charge in [-0.05, 0) is 36.6 Å². The molecule has 1 saturated heterocycles. The highest BCUT2D eigenvalue weighted by molar-refractivity contribution is 5.58. The summed E-state index contributed by atoms with van der Waals surface area (Å²) >= 11 is 0. The average Bonchev–Trinajstić information content (AvgIpc) is 2.66. The lowest BCUT2D eigenvalue weighted by molar-refractivity contribution is -0.138. The second-order valence-electron chi connectivity index (χ2n) is 6.99. The molecule has 3 unspecified atom stereocenters. The highest BCUT2D eigenvalue weighted by Crippen LogP contribution is 2.51. The summed E-state index contributed by atoms with van der Waals surface area (Å²) in [6.45, 7) is 0.376. The van der Waals surface area contributed by atoms with Crippen LogP contribution in [0, 0.1) is 5.92 Å². The molecule has 0 saturated carbocycles. The van der Waals surface area contributed by atoms with Gasteiger partial charge in [-0.2, -0.15) is 13.2 Å². The third kappa shape index (κ3) is 3.08. The summed E-state index contributed by atoms with van der Waals surface area (Å²) in [4.78, 5) is 0. The molecule has 3 N–H and O–H groups in total. The third-order valence-corrected chi connectivity index (χ3v) is 5.40. The lowest BCUT2D eigenvalue weighted by atomic mass is 9.76. The summed E-state index contributed by atoms with van der Waals surface area (Å²) in [5.41, 5.74) is 7.52. The molecule has 0 radical (unpaired) electrons. The van der Waals surface area contributed by atoms with Crippen LogP contribution in [0.5, 0.6) is 0 Å². The first-order valence-electron chi connectivity index (χ1n) is 8.85. The minimum atomic E-state index is -4.37. The van der Waals surface area contributed by atoms with Gasteiger partial charge in [-0.1, -0.05) is 30.3 Å². The van der Waals surface area contributed by atoms with E-state index in [9.17, 15) is 13.2 Å². The molecule has 3 nitrogen and oxygen atoms in total. The van der Waals surface area contributed by atoms with Gasteiger partial charge in [0.25, 0.3) is 0 Å². The Morgan fingerprint density at radius 1 is 1.08 bits per heavy atom. The quantitative estimate of drug-likeness (QED) is 0.816. The van der Waals surface area contributed by atoms with Crippen molar-refractivity contribution in [3.05, 3.63) is 65.2 Å². The molecule has 2 heterocycles. The van der Waals surface area contributed by atoms with Crippen LogP contribution >= 0.6 is 0 Å². The molecule has 0 spiro atoms. The van der Waals surface area contributed by atoms with Gasteiger partial charge >= 0.3 is 6.18 Å². The molecule has 138 valence electrons. The normalized spacial score (nSPS) is 28.0. The summed E-state index contributed by atoms with van der Waals surface area (Å²) in [6.07, 6.45) is -3.21. The highest BCUT2D eigenvalue weighted by atomic mass is 19.4. The molecule has 2 aromatic rings. The first kappa shape index (κ1) is 17.4. The van der Waals surface area contributed by atoms with E-state index in [1.807, 2.05) is 30.3 Å². The molecule has 0 aromatic heterocycles. The Morgan fingerprint density at radius 2 is 1.85 bits per heavy atom. The Kier molecular flexibility index (Phi) is 4.40. The fourth-order valence-corrected chi connectivity index (χ4v) is 4.10. The molecular formula is C20H21F3N2O. The van der Waals surface area contributed by atoms with Crippen molar-refractivity contribution in [1.29, 1.82) is 0 Å². The maximum Gasteiger partial charge on any atom is 0.416 e. The van der Waals surface area contributed by atoms with Crippen molar-refractivity contribution >= 4 is 5.69 Å². The first-order chi connectivity index (χ1) is 12.5. The minimum Gasteiger partial charge on any atom is -0.378 e. The summed E-state index contributed by atoms with van der Waals surface area (Å²) in [7, 11) is 0. The lowest BCUT2D eigenvalue weighted by Gasteiger charge is -2.45. The molecule has 0 bridgehead atoms. The minimum absolute atomic E-state index is 0.00385. The van der Waals surface area contributed by atoms with Crippen LogP contribution in [0.1, 0.15) is 41.7 Å². The predicted molar refractivity (Wildman–Crippen MR) is 93.6 cm³/mol. The maximum absolute atomic E-state index is 13.2. The van der Waals surface area contributed by atoms with Gasteiger partial charge in [-0.3, -0.25) is 0 Å². The highest BCUT2D eigenvalue weighted by Gasteiger charge is 2.43. The predicted octanol–water partition coefficient (Wildman–Crippen LogP) is 4.67. The molecule has 0 aliphatic carbocycles. The van der Waals surface area contributed by atoms with Crippen molar-refractivity contribution in [3.8, 4) is 0 Å². The number of benzene rings is 2. The van der Waals surface area contributed by atoms with Gasteiger partial charge in [0.05, 0.1) is 23.8 Å². The Labute approximate surface area is 150 Å². The molecule has 1 fully saturated rings. The van der Waals surface area contributed by atoms with E-state index in [1.54, 1.807) is 0 Å². The van der Waals surface area contributed by atoms with Crippen molar-refractivity contribution in [2.45, 2.75) is 37.3 Å². The summed E-state index contributed by atoms with van der Waals surface area (Å²) in [6, 6.07) is 13.8. The number of anilines is 1. The van der Waals surface area contributed by atoms with Crippen LogP contribution in [0.2, 0.25) is 0 Å². The summed E-state index contributed by atoms with van der Waals surface area (Å²) < 4.78 is 45.7. The average molecular weight is 362 g/mol. The molecule has 4 atom stereocenters. The van der Waals surface area contributed by atoms with Crippen molar-refractivity contribution in [3.63, 3.8) is 0 Å². The summed E-state index contributed by atoms with van der Waals surface area (Å²) in [5.74, 6) is 0.0659. The van der Waals surface area contributed by atoms with Crippen LogP contribution in [0.4, 0.5) is 18.9 Å². The fraction of sp³-hybridized carbons (Fsp3) is 0.400. The van der Waals surface area contributed by atoms with E-state index < -0.39 is 11.7 Å². The Morgan fingerprint density at radius 3 is 2.54 bits per heavy atom. The molecule has 6 heteroatoms. The smallest absolute Gasteiger partial charge is 0.378 e. The SMILES string of the molecule is NCC1CCC2C(O1)c1cc(C(F)(F)F)ccc1N[C@H]2c1ccccc1. The van der Waals surface area contributed by atoms with Crippen LogP contribution in [0.3, 0.4) is 0 Å². The molecule has 0 amide bonds. The van der Waals surface area contributed by atoms with Gasteiger partial charge < -0.3 is 15.8 Å². The van der Waals surface area contributed by atoms with Crippen molar-refractivity contribution in [1.82, 2.24) is 0 Å². The van der Waals surface area contributed by atoms with E-state index in [1.165, 1.54) is 12.1 Å². The molecule has 2 aliphatic heterocycles. The van der Waals surface area contributed by atoms with Crippen molar-refractivity contribution < 1.29 is 17.9 Å².